The van der Waals surface area contributed by atoms with Gasteiger partial charge in [0.1, 0.15) is 11.6 Å². The molecule has 0 aromatic heterocycles. The van der Waals surface area contributed by atoms with E-state index < -0.39 is 11.9 Å². The molecule has 4 nitrogen and oxygen atoms in total. The number of nitrogens with one attached hydrogen (secondary N) is 1. The van der Waals surface area contributed by atoms with Crippen molar-refractivity contribution in [3.63, 3.8) is 0 Å². The zero-order valence-electron chi connectivity index (χ0n) is 11.8. The molecule has 5 heteroatoms. The zero-order valence-corrected chi connectivity index (χ0v) is 11.8. The van der Waals surface area contributed by atoms with Gasteiger partial charge in [0.25, 0.3) is 0 Å². The van der Waals surface area contributed by atoms with Crippen LogP contribution < -0.4 is 10.1 Å². The van der Waals surface area contributed by atoms with E-state index in [1.165, 1.54) is 19.1 Å². The largest absolute Gasteiger partial charge is 0.493 e. The minimum absolute atomic E-state index is 0.164. The Morgan fingerprint density at radius 2 is 2.35 bits per heavy atom. The van der Waals surface area contributed by atoms with Gasteiger partial charge in [0, 0.05) is 24.5 Å². The van der Waals surface area contributed by atoms with Crippen molar-refractivity contribution < 1.29 is 19.0 Å². The fourth-order valence-corrected chi connectivity index (χ4v) is 2.57. The van der Waals surface area contributed by atoms with Crippen LogP contribution in [0, 0.1) is 5.82 Å². The summed E-state index contributed by atoms with van der Waals surface area (Å²) in [5.74, 6) is -0.0742. The second-order valence-electron chi connectivity index (χ2n) is 5.11. The highest BCUT2D eigenvalue weighted by Crippen LogP contribution is 2.39. The van der Waals surface area contributed by atoms with Crippen LogP contribution in [0.15, 0.2) is 12.1 Å². The molecular weight excluding hydrogens is 261 g/mol. The van der Waals surface area contributed by atoms with Crippen LogP contribution in [-0.4, -0.2) is 17.6 Å². The van der Waals surface area contributed by atoms with Crippen molar-refractivity contribution in [2.45, 2.75) is 45.3 Å². The fourth-order valence-electron chi connectivity index (χ4n) is 2.57. The summed E-state index contributed by atoms with van der Waals surface area (Å²) in [5, 5.41) is 12.9. The predicted octanol–water partition coefficient (Wildman–Crippen LogP) is 2.62. The topological polar surface area (TPSA) is 58.6 Å². The van der Waals surface area contributed by atoms with Gasteiger partial charge >= 0.3 is 0 Å². The molecule has 2 unspecified atom stereocenters. The number of benzene rings is 1. The van der Waals surface area contributed by atoms with E-state index in [1.54, 1.807) is 0 Å². The summed E-state index contributed by atoms with van der Waals surface area (Å²) in [5.41, 5.74) is 1.08. The Hall–Kier alpha value is -1.62. The van der Waals surface area contributed by atoms with Crippen LogP contribution in [0.25, 0.3) is 0 Å². The number of hydrogen-bond donors (Lipinski definition) is 2. The van der Waals surface area contributed by atoms with Crippen molar-refractivity contribution in [3.05, 3.63) is 29.1 Å². The lowest BCUT2D eigenvalue weighted by molar-refractivity contribution is -0.119. The van der Waals surface area contributed by atoms with Gasteiger partial charge in [0.05, 0.1) is 18.8 Å². The van der Waals surface area contributed by atoms with E-state index in [-0.39, 0.29) is 11.9 Å². The first-order chi connectivity index (χ1) is 9.52. The summed E-state index contributed by atoms with van der Waals surface area (Å²) in [7, 11) is 0. The molecule has 1 aliphatic heterocycles. The lowest BCUT2D eigenvalue weighted by Crippen LogP contribution is -2.31. The van der Waals surface area contributed by atoms with Crippen molar-refractivity contribution in [3.8, 4) is 5.75 Å². The third-order valence-electron chi connectivity index (χ3n) is 3.44. The van der Waals surface area contributed by atoms with E-state index in [9.17, 15) is 14.3 Å². The van der Waals surface area contributed by atoms with Crippen molar-refractivity contribution in [2.75, 3.05) is 6.61 Å². The molecule has 2 N–H and O–H groups in total. The Kier molecular flexibility index (Phi) is 4.60. The molecule has 110 valence electrons. The molecule has 20 heavy (non-hydrogen) atoms. The van der Waals surface area contributed by atoms with Gasteiger partial charge in [-0.1, -0.05) is 13.3 Å². The number of aliphatic hydroxyl groups excluding tert-OH is 1. The van der Waals surface area contributed by atoms with Gasteiger partial charge in [-0.05, 0) is 18.6 Å². The molecule has 2 atom stereocenters. The number of amides is 1. The minimum Gasteiger partial charge on any atom is -0.493 e. The molecule has 1 heterocycles. The predicted molar refractivity (Wildman–Crippen MR) is 72.9 cm³/mol. The molecule has 0 saturated carbocycles. The SMILES string of the molecule is CCCC(O)c1cc(F)cc2c1OCCC2NC(C)=O. The Labute approximate surface area is 117 Å². The van der Waals surface area contributed by atoms with Gasteiger partial charge in [-0.2, -0.15) is 0 Å². The second-order valence-corrected chi connectivity index (χ2v) is 5.11. The first-order valence-electron chi connectivity index (χ1n) is 6.94. The maximum absolute atomic E-state index is 13.8. The van der Waals surface area contributed by atoms with Crippen LogP contribution in [0.4, 0.5) is 4.39 Å². The van der Waals surface area contributed by atoms with Crippen molar-refractivity contribution in [1.82, 2.24) is 5.32 Å². The highest BCUT2D eigenvalue weighted by molar-refractivity contribution is 5.73. The first kappa shape index (κ1) is 14.8. The first-order valence-corrected chi connectivity index (χ1v) is 6.94. The molecule has 0 fully saturated rings. The smallest absolute Gasteiger partial charge is 0.217 e. The maximum Gasteiger partial charge on any atom is 0.217 e. The fraction of sp³-hybridized carbons (Fsp3) is 0.533. The van der Waals surface area contributed by atoms with E-state index in [4.69, 9.17) is 4.74 Å². The van der Waals surface area contributed by atoms with Crippen LogP contribution in [0.2, 0.25) is 0 Å². The lowest BCUT2D eigenvalue weighted by Gasteiger charge is -2.29. The Balaban J connectivity index is 2.41. The van der Waals surface area contributed by atoms with Gasteiger partial charge in [-0.3, -0.25) is 4.79 Å². The van der Waals surface area contributed by atoms with Crippen molar-refractivity contribution >= 4 is 5.91 Å². The van der Waals surface area contributed by atoms with Gasteiger partial charge < -0.3 is 15.2 Å². The summed E-state index contributed by atoms with van der Waals surface area (Å²) < 4.78 is 19.4. The normalized spacial score (nSPS) is 18.9. The zero-order chi connectivity index (χ0) is 14.7. The number of rotatable bonds is 4. The number of carbonyl (C=O) groups is 1. The number of halogens is 1. The summed E-state index contributed by atoms with van der Waals surface area (Å²) in [6, 6.07) is 2.42. The number of hydrogen-bond acceptors (Lipinski definition) is 3. The molecule has 0 radical (unpaired) electrons. The number of aliphatic hydroxyl groups is 1. The molecule has 0 aliphatic carbocycles. The van der Waals surface area contributed by atoms with Crippen LogP contribution in [0.3, 0.4) is 0 Å². The molecule has 1 aromatic carbocycles. The average Bonchev–Trinajstić information content (AvgIpc) is 2.38. The highest BCUT2D eigenvalue weighted by Gasteiger charge is 2.27. The van der Waals surface area contributed by atoms with Crippen molar-refractivity contribution in [1.29, 1.82) is 0 Å². The second kappa shape index (κ2) is 6.22. The Morgan fingerprint density at radius 1 is 1.60 bits per heavy atom. The van der Waals surface area contributed by atoms with Crippen LogP contribution in [0.5, 0.6) is 5.75 Å². The molecule has 1 aliphatic rings. The third kappa shape index (κ3) is 3.10. The summed E-state index contributed by atoms with van der Waals surface area (Å²) in [4.78, 5) is 11.2. The standard InChI is InChI=1S/C15H20FNO3/c1-3-4-14(19)12-8-10(16)7-11-13(17-9(2)18)5-6-20-15(11)12/h7-8,13-14,19H,3-6H2,1-2H3,(H,17,18). The molecule has 0 bridgehead atoms. The number of fused-ring (bicyclic) bond motifs is 1. The Morgan fingerprint density at radius 3 is 3.00 bits per heavy atom. The highest BCUT2D eigenvalue weighted by atomic mass is 19.1. The minimum atomic E-state index is -0.750. The molecule has 1 aromatic rings. The van der Waals surface area contributed by atoms with E-state index in [2.05, 4.69) is 5.32 Å². The van der Waals surface area contributed by atoms with Gasteiger partial charge in [-0.25, -0.2) is 4.39 Å². The van der Waals surface area contributed by atoms with Crippen LogP contribution in [-0.2, 0) is 4.79 Å². The summed E-state index contributed by atoms with van der Waals surface area (Å²) >= 11 is 0. The van der Waals surface area contributed by atoms with Gasteiger partial charge in [0.2, 0.25) is 5.91 Å². The molecule has 2 rings (SSSR count). The lowest BCUT2D eigenvalue weighted by atomic mass is 9.94. The van der Waals surface area contributed by atoms with Crippen LogP contribution >= 0.6 is 0 Å². The number of ether oxygens (including phenoxy) is 1. The Bertz CT molecular complexity index is 504. The van der Waals surface area contributed by atoms with E-state index >= 15 is 0 Å². The van der Waals surface area contributed by atoms with Gasteiger partial charge in [-0.15, -0.1) is 0 Å². The van der Waals surface area contributed by atoms with E-state index in [0.29, 0.717) is 36.3 Å². The molecule has 0 saturated heterocycles. The molecular formula is C15H20FNO3. The van der Waals surface area contributed by atoms with E-state index in [1.807, 2.05) is 6.92 Å². The molecule has 1 amide bonds. The van der Waals surface area contributed by atoms with Crippen molar-refractivity contribution in [2.24, 2.45) is 0 Å². The molecule has 0 spiro atoms. The third-order valence-corrected chi connectivity index (χ3v) is 3.44. The summed E-state index contributed by atoms with van der Waals surface area (Å²) in [6.45, 7) is 3.83. The van der Waals surface area contributed by atoms with Crippen LogP contribution in [0.1, 0.15) is 56.4 Å². The van der Waals surface area contributed by atoms with Gasteiger partial charge in [0.15, 0.2) is 0 Å². The van der Waals surface area contributed by atoms with E-state index in [0.717, 1.165) is 6.42 Å². The average molecular weight is 281 g/mol. The quantitative estimate of drug-likeness (QED) is 0.892. The number of carbonyl (C=O) groups excluding carboxylic acids is 1. The maximum atomic E-state index is 13.8. The monoisotopic (exact) mass is 281 g/mol. The summed E-state index contributed by atoms with van der Waals surface area (Å²) in [6.07, 6.45) is 1.19.